The predicted octanol–water partition coefficient (Wildman–Crippen LogP) is 4.72. The fraction of sp³-hybridized carbons (Fsp3) is 0.0435. The van der Waals surface area contributed by atoms with Gasteiger partial charge >= 0.3 is 11.8 Å². The number of benzene rings is 3. The van der Waals surface area contributed by atoms with Crippen LogP contribution < -0.4 is 10.6 Å². The van der Waals surface area contributed by atoms with Gasteiger partial charge in [0, 0.05) is 11.3 Å². The molecule has 0 spiro atoms. The molecular weight excluding hydrogens is 396 g/mol. The summed E-state index contributed by atoms with van der Waals surface area (Å²) >= 11 is 1.60. The Bertz CT molecular complexity index is 1300. The number of para-hydroxylation sites is 1. The van der Waals surface area contributed by atoms with Gasteiger partial charge < -0.3 is 10.6 Å². The lowest BCUT2D eigenvalue weighted by atomic mass is 10.2. The van der Waals surface area contributed by atoms with Crippen LogP contribution in [0.25, 0.3) is 20.8 Å². The molecule has 2 amide bonds. The number of nitrogens with one attached hydrogen (secondary N) is 2. The van der Waals surface area contributed by atoms with Gasteiger partial charge in [-0.2, -0.15) is 5.26 Å². The van der Waals surface area contributed by atoms with Crippen LogP contribution in [0.3, 0.4) is 0 Å². The maximum absolute atomic E-state index is 12.2. The zero-order chi connectivity index (χ0) is 21.1. The molecule has 0 atom stereocenters. The molecule has 6 nitrogen and oxygen atoms in total. The summed E-state index contributed by atoms with van der Waals surface area (Å²) < 4.78 is 1.12. The Morgan fingerprint density at radius 1 is 0.967 bits per heavy atom. The number of hydrogen-bond acceptors (Lipinski definition) is 5. The molecule has 0 radical (unpaired) electrons. The van der Waals surface area contributed by atoms with Crippen molar-refractivity contribution in [2.75, 3.05) is 10.6 Å². The first-order valence-electron chi connectivity index (χ1n) is 9.12. The van der Waals surface area contributed by atoms with Crippen LogP contribution in [0.15, 0.2) is 66.7 Å². The van der Waals surface area contributed by atoms with Crippen molar-refractivity contribution in [2.45, 2.75) is 6.92 Å². The van der Waals surface area contributed by atoms with Crippen LogP contribution in [0, 0.1) is 18.3 Å². The molecule has 0 saturated heterocycles. The van der Waals surface area contributed by atoms with Crippen LogP contribution in [-0.2, 0) is 9.59 Å². The Kier molecular flexibility index (Phi) is 5.24. The normalized spacial score (nSPS) is 10.4. The molecular formula is C23H16N4O2S. The molecule has 0 bridgehead atoms. The maximum atomic E-state index is 12.2. The fourth-order valence-corrected chi connectivity index (χ4v) is 3.98. The number of thiazole rings is 1. The van der Waals surface area contributed by atoms with Crippen molar-refractivity contribution in [1.82, 2.24) is 4.98 Å². The van der Waals surface area contributed by atoms with E-state index in [1.807, 2.05) is 37.3 Å². The molecule has 0 unspecified atom stereocenters. The van der Waals surface area contributed by atoms with Gasteiger partial charge in [-0.05, 0) is 61.0 Å². The molecule has 0 aliphatic rings. The number of anilines is 2. The number of rotatable bonds is 3. The molecule has 2 N–H and O–H groups in total. The summed E-state index contributed by atoms with van der Waals surface area (Å²) in [6.07, 6.45) is 0. The predicted molar refractivity (Wildman–Crippen MR) is 118 cm³/mol. The third-order valence-corrected chi connectivity index (χ3v) is 5.50. The van der Waals surface area contributed by atoms with Crippen molar-refractivity contribution in [3.63, 3.8) is 0 Å². The van der Waals surface area contributed by atoms with Crippen molar-refractivity contribution in [3.05, 3.63) is 77.9 Å². The maximum Gasteiger partial charge on any atom is 0.314 e. The van der Waals surface area contributed by atoms with Gasteiger partial charge in [-0.3, -0.25) is 9.59 Å². The quantitative estimate of drug-likeness (QED) is 0.476. The third kappa shape index (κ3) is 4.04. The largest absolute Gasteiger partial charge is 0.318 e. The highest BCUT2D eigenvalue weighted by molar-refractivity contribution is 7.21. The SMILES string of the molecule is Cc1ccc2nc(-c3ccc(NC(=O)C(=O)Nc4ccccc4C#N)cc3)sc2c1. The smallest absolute Gasteiger partial charge is 0.314 e. The summed E-state index contributed by atoms with van der Waals surface area (Å²) in [5.74, 6) is -1.66. The van der Waals surface area contributed by atoms with Crippen LogP contribution >= 0.6 is 11.3 Å². The number of fused-ring (bicyclic) bond motifs is 1. The van der Waals surface area contributed by atoms with Crippen LogP contribution in [0.4, 0.5) is 11.4 Å². The number of nitrogens with zero attached hydrogens (tertiary/aromatic N) is 2. The molecule has 30 heavy (non-hydrogen) atoms. The number of nitriles is 1. The fourth-order valence-electron chi connectivity index (χ4n) is 2.91. The Balaban J connectivity index is 1.45. The second-order valence-electron chi connectivity index (χ2n) is 6.63. The van der Waals surface area contributed by atoms with Crippen molar-refractivity contribution in [2.24, 2.45) is 0 Å². The Hall–Kier alpha value is -4.02. The van der Waals surface area contributed by atoms with E-state index in [9.17, 15) is 9.59 Å². The third-order valence-electron chi connectivity index (χ3n) is 4.44. The molecule has 0 saturated carbocycles. The Morgan fingerprint density at radius 2 is 1.70 bits per heavy atom. The number of hydrogen-bond donors (Lipinski definition) is 2. The first-order valence-corrected chi connectivity index (χ1v) is 9.94. The molecule has 1 heterocycles. The van der Waals surface area contributed by atoms with E-state index >= 15 is 0 Å². The van der Waals surface area contributed by atoms with Gasteiger partial charge in [-0.25, -0.2) is 4.98 Å². The van der Waals surface area contributed by atoms with Crippen molar-refractivity contribution >= 4 is 44.7 Å². The van der Waals surface area contributed by atoms with E-state index in [1.165, 1.54) is 5.56 Å². The van der Waals surface area contributed by atoms with Crippen LogP contribution in [0.1, 0.15) is 11.1 Å². The summed E-state index contributed by atoms with van der Waals surface area (Å²) in [6.45, 7) is 2.05. The molecule has 146 valence electrons. The number of aryl methyl sites for hydroxylation is 1. The summed E-state index contributed by atoms with van der Waals surface area (Å²) in [6, 6.07) is 21.8. The summed E-state index contributed by atoms with van der Waals surface area (Å²) in [5.41, 5.74) is 4.14. The second kappa shape index (κ2) is 8.15. The van der Waals surface area contributed by atoms with Gasteiger partial charge in [0.15, 0.2) is 0 Å². The summed E-state index contributed by atoms with van der Waals surface area (Å²) in [7, 11) is 0. The van der Waals surface area contributed by atoms with Crippen LogP contribution in [0.2, 0.25) is 0 Å². The highest BCUT2D eigenvalue weighted by Gasteiger charge is 2.16. The van der Waals surface area contributed by atoms with E-state index in [1.54, 1.807) is 47.7 Å². The Labute approximate surface area is 176 Å². The topological polar surface area (TPSA) is 94.9 Å². The molecule has 7 heteroatoms. The van der Waals surface area contributed by atoms with Gasteiger partial charge in [0.25, 0.3) is 0 Å². The highest BCUT2D eigenvalue weighted by atomic mass is 32.1. The van der Waals surface area contributed by atoms with E-state index in [4.69, 9.17) is 5.26 Å². The van der Waals surface area contributed by atoms with E-state index in [0.717, 1.165) is 20.8 Å². The van der Waals surface area contributed by atoms with Crippen LogP contribution in [-0.4, -0.2) is 16.8 Å². The average molecular weight is 412 g/mol. The summed E-state index contributed by atoms with van der Waals surface area (Å²) in [4.78, 5) is 29.0. The standard InChI is InChI=1S/C23H16N4O2S/c1-14-6-11-19-20(12-14)30-23(27-19)15-7-9-17(10-8-15)25-21(28)22(29)26-18-5-3-2-4-16(18)13-24/h2-12H,1H3,(H,25,28)(H,26,29). The van der Waals surface area contributed by atoms with Gasteiger partial charge in [-0.1, -0.05) is 18.2 Å². The molecule has 0 aliphatic carbocycles. The van der Waals surface area contributed by atoms with Gasteiger partial charge in [0.2, 0.25) is 0 Å². The Morgan fingerprint density at radius 3 is 2.47 bits per heavy atom. The summed E-state index contributed by atoms with van der Waals surface area (Å²) in [5, 5.41) is 15.0. The lowest BCUT2D eigenvalue weighted by molar-refractivity contribution is -0.133. The first kappa shape index (κ1) is 19.3. The van der Waals surface area contributed by atoms with E-state index in [0.29, 0.717) is 11.4 Å². The zero-order valence-electron chi connectivity index (χ0n) is 16.0. The minimum Gasteiger partial charge on any atom is -0.318 e. The van der Waals surface area contributed by atoms with Crippen LogP contribution in [0.5, 0.6) is 0 Å². The molecule has 0 fully saturated rings. The average Bonchev–Trinajstić information content (AvgIpc) is 3.17. The zero-order valence-corrected chi connectivity index (χ0v) is 16.8. The molecule has 0 aliphatic heterocycles. The van der Waals surface area contributed by atoms with Gasteiger partial charge in [0.05, 0.1) is 21.5 Å². The number of amides is 2. The van der Waals surface area contributed by atoms with Crippen molar-refractivity contribution in [3.8, 4) is 16.6 Å². The monoisotopic (exact) mass is 412 g/mol. The number of carbonyl (C=O) groups is 2. The minimum atomic E-state index is -0.844. The molecule has 3 aromatic carbocycles. The molecule has 4 rings (SSSR count). The van der Waals surface area contributed by atoms with E-state index in [2.05, 4.69) is 21.7 Å². The van der Waals surface area contributed by atoms with Crippen molar-refractivity contribution < 1.29 is 9.59 Å². The van der Waals surface area contributed by atoms with E-state index < -0.39 is 11.8 Å². The second-order valence-corrected chi connectivity index (χ2v) is 7.66. The van der Waals surface area contributed by atoms with E-state index in [-0.39, 0.29) is 5.56 Å². The van der Waals surface area contributed by atoms with Crippen molar-refractivity contribution in [1.29, 1.82) is 5.26 Å². The lowest BCUT2D eigenvalue weighted by Crippen LogP contribution is -2.29. The van der Waals surface area contributed by atoms with Gasteiger partial charge in [0.1, 0.15) is 11.1 Å². The molecule has 4 aromatic rings. The number of aromatic nitrogens is 1. The first-order chi connectivity index (χ1) is 14.5. The molecule has 1 aromatic heterocycles. The minimum absolute atomic E-state index is 0.286. The lowest BCUT2D eigenvalue weighted by Gasteiger charge is -2.08. The number of carbonyl (C=O) groups excluding carboxylic acids is 2. The highest BCUT2D eigenvalue weighted by Crippen LogP contribution is 2.31. The van der Waals surface area contributed by atoms with Gasteiger partial charge in [-0.15, -0.1) is 11.3 Å².